The Hall–Kier alpha value is -2.14. The predicted octanol–water partition coefficient (Wildman–Crippen LogP) is 2.84. The van der Waals surface area contributed by atoms with Crippen molar-refractivity contribution in [3.8, 4) is 0 Å². The summed E-state index contributed by atoms with van der Waals surface area (Å²) in [4.78, 5) is 16.4. The van der Waals surface area contributed by atoms with E-state index in [9.17, 15) is 4.79 Å². The first-order chi connectivity index (χ1) is 9.34. The number of nitrogens with zero attached hydrogens (tertiary/aromatic N) is 2. The Kier molecular flexibility index (Phi) is 3.29. The molecule has 1 N–H and O–H groups in total. The topological polar surface area (TPSA) is 54.4 Å². The molecule has 0 spiro atoms. The number of ketones is 1. The summed E-state index contributed by atoms with van der Waals surface area (Å²) in [7, 11) is 0. The second-order valence-corrected chi connectivity index (χ2v) is 4.97. The molecule has 3 rings (SSSR count). The Bertz CT molecular complexity index is 640. The van der Waals surface area contributed by atoms with Crippen molar-refractivity contribution in [3.05, 3.63) is 54.2 Å². The molecule has 0 unspecified atom stereocenters. The average Bonchev–Trinajstić information content (AvgIpc) is 2.48. The van der Waals surface area contributed by atoms with Crippen LogP contribution in [0.2, 0.25) is 0 Å². The Morgan fingerprint density at radius 1 is 1.16 bits per heavy atom. The van der Waals surface area contributed by atoms with E-state index in [1.165, 1.54) is 11.8 Å². The molecule has 0 aliphatic carbocycles. The second-order valence-electron chi connectivity index (χ2n) is 4.01. The van der Waals surface area contributed by atoms with E-state index in [1.54, 1.807) is 18.3 Å². The van der Waals surface area contributed by atoms with Crippen molar-refractivity contribution in [2.75, 3.05) is 11.2 Å². The molecule has 0 saturated heterocycles. The van der Waals surface area contributed by atoms with Crippen molar-refractivity contribution in [2.24, 2.45) is 5.10 Å². The Morgan fingerprint density at radius 2 is 2.00 bits per heavy atom. The maximum atomic E-state index is 12.2. The number of thioether (sulfide) groups is 1. The Labute approximate surface area is 114 Å². The molecular formula is C14H11N3OS. The molecule has 1 aromatic carbocycles. The van der Waals surface area contributed by atoms with Gasteiger partial charge in [-0.25, -0.2) is 4.98 Å². The lowest BCUT2D eigenvalue weighted by atomic mass is 10.1. The monoisotopic (exact) mass is 269 g/mol. The molecule has 0 amide bonds. The van der Waals surface area contributed by atoms with Gasteiger partial charge in [-0.15, -0.1) is 0 Å². The van der Waals surface area contributed by atoms with Crippen molar-refractivity contribution in [3.63, 3.8) is 0 Å². The van der Waals surface area contributed by atoms with Crippen LogP contribution in [0.15, 0.2) is 58.8 Å². The zero-order valence-electron chi connectivity index (χ0n) is 10.0. The maximum Gasteiger partial charge on any atom is 0.212 e. The van der Waals surface area contributed by atoms with E-state index in [4.69, 9.17) is 0 Å². The summed E-state index contributed by atoms with van der Waals surface area (Å²) < 4.78 is 0. The summed E-state index contributed by atoms with van der Waals surface area (Å²) in [6.45, 7) is 0. The highest BCUT2D eigenvalue weighted by atomic mass is 32.2. The van der Waals surface area contributed by atoms with Gasteiger partial charge in [0.25, 0.3) is 0 Å². The number of anilines is 1. The number of nitrogens with one attached hydrogen (secondary N) is 1. The fourth-order valence-corrected chi connectivity index (χ4v) is 2.68. The van der Waals surface area contributed by atoms with Crippen molar-refractivity contribution in [2.45, 2.75) is 5.03 Å². The third-order valence-electron chi connectivity index (χ3n) is 2.72. The normalized spacial score (nSPS) is 16.2. The number of aromatic nitrogens is 1. The highest BCUT2D eigenvalue weighted by Crippen LogP contribution is 2.26. The van der Waals surface area contributed by atoms with Gasteiger partial charge in [0.1, 0.15) is 10.7 Å². The standard InChI is InChI=1S/C14H11N3OS/c18-13-11-7-4-8-15-14(11)19-9-12(13)17-16-10-5-2-1-3-6-10/h1-8,16H,9H2/b17-12-. The highest BCUT2D eigenvalue weighted by Gasteiger charge is 2.24. The minimum Gasteiger partial charge on any atom is -0.287 e. The lowest BCUT2D eigenvalue weighted by molar-refractivity contribution is 0.106. The van der Waals surface area contributed by atoms with Crippen LogP contribution in [0.4, 0.5) is 5.69 Å². The molecule has 5 heteroatoms. The predicted molar refractivity (Wildman–Crippen MR) is 76.8 cm³/mol. The fourth-order valence-electron chi connectivity index (χ4n) is 1.76. The molecule has 19 heavy (non-hydrogen) atoms. The maximum absolute atomic E-state index is 12.2. The van der Waals surface area contributed by atoms with Gasteiger partial charge >= 0.3 is 0 Å². The number of pyridine rings is 1. The number of benzene rings is 1. The quantitative estimate of drug-likeness (QED) is 0.852. The summed E-state index contributed by atoms with van der Waals surface area (Å²) in [5.74, 6) is 0.494. The van der Waals surface area contributed by atoms with Gasteiger partial charge in [0.15, 0.2) is 0 Å². The van der Waals surface area contributed by atoms with Gasteiger partial charge in [-0.2, -0.15) is 5.10 Å². The first kappa shape index (κ1) is 11.9. The first-order valence-corrected chi connectivity index (χ1v) is 6.83. The van der Waals surface area contributed by atoms with Gasteiger partial charge in [0, 0.05) is 11.9 Å². The highest BCUT2D eigenvalue weighted by molar-refractivity contribution is 8.00. The summed E-state index contributed by atoms with van der Waals surface area (Å²) in [5, 5.41) is 4.99. The molecule has 0 bridgehead atoms. The van der Waals surface area contributed by atoms with E-state index in [-0.39, 0.29) is 5.78 Å². The average molecular weight is 269 g/mol. The molecule has 1 aromatic heterocycles. The summed E-state index contributed by atoms with van der Waals surface area (Å²) in [6.07, 6.45) is 1.70. The minimum absolute atomic E-state index is 0.0507. The number of hydrogen-bond acceptors (Lipinski definition) is 5. The summed E-state index contributed by atoms with van der Waals surface area (Å²) in [5.41, 5.74) is 4.93. The van der Waals surface area contributed by atoms with Crippen molar-refractivity contribution in [1.82, 2.24) is 4.98 Å². The zero-order valence-corrected chi connectivity index (χ0v) is 10.9. The number of Topliss-reactive ketones (excluding diaryl/α,β-unsaturated/α-hetero) is 1. The van der Waals surface area contributed by atoms with Gasteiger partial charge < -0.3 is 0 Å². The van der Waals surface area contributed by atoms with E-state index >= 15 is 0 Å². The fraction of sp³-hybridized carbons (Fsp3) is 0.0714. The van der Waals surface area contributed by atoms with Gasteiger partial charge in [0.05, 0.1) is 11.3 Å². The first-order valence-electron chi connectivity index (χ1n) is 5.85. The van der Waals surface area contributed by atoms with Crippen LogP contribution in [0.3, 0.4) is 0 Å². The number of hydrogen-bond donors (Lipinski definition) is 1. The van der Waals surface area contributed by atoms with Gasteiger partial charge in [-0.3, -0.25) is 10.2 Å². The summed E-state index contributed by atoms with van der Waals surface area (Å²) >= 11 is 1.53. The molecule has 0 fully saturated rings. The molecule has 4 nitrogen and oxygen atoms in total. The van der Waals surface area contributed by atoms with Crippen LogP contribution in [0.1, 0.15) is 10.4 Å². The van der Waals surface area contributed by atoms with Crippen LogP contribution in [-0.2, 0) is 0 Å². The minimum atomic E-state index is -0.0507. The van der Waals surface area contributed by atoms with E-state index in [0.29, 0.717) is 17.0 Å². The molecule has 0 radical (unpaired) electrons. The molecular weight excluding hydrogens is 258 g/mol. The third kappa shape index (κ3) is 2.51. The second kappa shape index (κ2) is 5.24. The molecule has 1 aliphatic heterocycles. The van der Waals surface area contributed by atoms with Crippen molar-refractivity contribution >= 4 is 28.9 Å². The number of hydrazone groups is 1. The largest absolute Gasteiger partial charge is 0.287 e. The van der Waals surface area contributed by atoms with Crippen LogP contribution in [-0.4, -0.2) is 22.2 Å². The Balaban J connectivity index is 1.82. The molecule has 2 heterocycles. The molecule has 0 saturated carbocycles. The molecule has 0 atom stereocenters. The van der Waals surface area contributed by atoms with Crippen molar-refractivity contribution < 1.29 is 4.79 Å². The van der Waals surface area contributed by atoms with E-state index < -0.39 is 0 Å². The summed E-state index contributed by atoms with van der Waals surface area (Å²) in [6, 6.07) is 13.1. The third-order valence-corrected chi connectivity index (χ3v) is 3.73. The number of carbonyl (C=O) groups is 1. The van der Waals surface area contributed by atoms with Crippen LogP contribution in [0.5, 0.6) is 0 Å². The SMILES string of the molecule is O=C1/C(=N\Nc2ccccc2)CSc2ncccc21. The van der Waals surface area contributed by atoms with Gasteiger partial charge in [-0.1, -0.05) is 30.0 Å². The number of fused-ring (bicyclic) bond motifs is 1. The molecule has 1 aliphatic rings. The smallest absolute Gasteiger partial charge is 0.212 e. The lowest BCUT2D eigenvalue weighted by Crippen LogP contribution is -2.23. The van der Waals surface area contributed by atoms with Crippen molar-refractivity contribution in [1.29, 1.82) is 0 Å². The van der Waals surface area contributed by atoms with Crippen LogP contribution < -0.4 is 5.43 Å². The van der Waals surface area contributed by atoms with Crippen LogP contribution in [0, 0.1) is 0 Å². The van der Waals surface area contributed by atoms with E-state index in [2.05, 4.69) is 15.5 Å². The molecule has 94 valence electrons. The van der Waals surface area contributed by atoms with Crippen LogP contribution in [0.25, 0.3) is 0 Å². The van der Waals surface area contributed by atoms with Gasteiger partial charge in [0.2, 0.25) is 5.78 Å². The van der Waals surface area contributed by atoms with Crippen LogP contribution >= 0.6 is 11.8 Å². The molecule has 2 aromatic rings. The number of para-hydroxylation sites is 1. The number of rotatable bonds is 2. The number of carbonyl (C=O) groups excluding carboxylic acids is 1. The Morgan fingerprint density at radius 3 is 2.84 bits per heavy atom. The zero-order chi connectivity index (χ0) is 13.1. The van der Waals surface area contributed by atoms with E-state index in [0.717, 1.165) is 10.7 Å². The lowest BCUT2D eigenvalue weighted by Gasteiger charge is -2.14. The van der Waals surface area contributed by atoms with E-state index in [1.807, 2.05) is 30.3 Å². The van der Waals surface area contributed by atoms with Gasteiger partial charge in [-0.05, 0) is 24.3 Å².